The molecule has 0 unspecified atom stereocenters. The Morgan fingerprint density at radius 2 is 1.97 bits per heavy atom. The standard InChI is InChI=1S/C22H28N4O3/c1-5-25-16-9-7-6-8-15(16)24-17(25)12-23-18(27)13-26-19(28)14-10-11-22(4,20(26)29)21(14,2)3/h6-9,14H,5,10-13H2,1-4H3,(H,23,27)/t14-,22-/m1/s1. The van der Waals surface area contributed by atoms with E-state index in [1.807, 2.05) is 52.0 Å². The fourth-order valence-corrected chi connectivity index (χ4v) is 5.04. The van der Waals surface area contributed by atoms with Crippen LogP contribution in [-0.2, 0) is 27.5 Å². The number of hydrogen-bond donors (Lipinski definition) is 1. The van der Waals surface area contributed by atoms with Crippen molar-refractivity contribution in [1.29, 1.82) is 0 Å². The minimum absolute atomic E-state index is 0.206. The molecule has 3 amide bonds. The van der Waals surface area contributed by atoms with E-state index in [4.69, 9.17) is 0 Å². The van der Waals surface area contributed by atoms with Crippen molar-refractivity contribution in [2.24, 2.45) is 16.7 Å². The molecule has 2 atom stereocenters. The molecule has 1 N–H and O–H groups in total. The average molecular weight is 396 g/mol. The highest BCUT2D eigenvalue weighted by atomic mass is 16.2. The van der Waals surface area contributed by atoms with Gasteiger partial charge in [0.25, 0.3) is 0 Å². The molecule has 7 nitrogen and oxygen atoms in total. The number of nitrogens with zero attached hydrogens (tertiary/aromatic N) is 3. The van der Waals surface area contributed by atoms with Crippen molar-refractivity contribution < 1.29 is 14.4 Å². The average Bonchev–Trinajstić information content (AvgIpc) is 3.14. The third-order valence-electron chi connectivity index (χ3n) is 7.30. The fourth-order valence-electron chi connectivity index (χ4n) is 5.04. The molecule has 154 valence electrons. The quantitative estimate of drug-likeness (QED) is 0.787. The van der Waals surface area contributed by atoms with Crippen molar-refractivity contribution in [2.45, 2.75) is 53.6 Å². The molecule has 29 heavy (non-hydrogen) atoms. The number of piperidine rings is 1. The number of aryl methyl sites for hydroxylation is 1. The largest absolute Gasteiger partial charge is 0.347 e. The number of imidazole rings is 1. The number of rotatable bonds is 5. The number of para-hydroxylation sites is 2. The Labute approximate surface area is 170 Å². The zero-order valence-corrected chi connectivity index (χ0v) is 17.5. The maximum Gasteiger partial charge on any atom is 0.240 e. The minimum atomic E-state index is -0.595. The van der Waals surface area contributed by atoms with Crippen molar-refractivity contribution in [1.82, 2.24) is 19.8 Å². The maximum absolute atomic E-state index is 13.1. The van der Waals surface area contributed by atoms with Gasteiger partial charge in [-0.1, -0.05) is 32.9 Å². The molecule has 2 heterocycles. The summed E-state index contributed by atoms with van der Waals surface area (Å²) >= 11 is 0. The Kier molecular flexibility index (Phi) is 4.52. The van der Waals surface area contributed by atoms with Gasteiger partial charge in [0.15, 0.2) is 0 Å². The van der Waals surface area contributed by atoms with Crippen LogP contribution in [0.5, 0.6) is 0 Å². The van der Waals surface area contributed by atoms with Crippen LogP contribution in [0.2, 0.25) is 0 Å². The highest BCUT2D eigenvalue weighted by Crippen LogP contribution is 2.59. The minimum Gasteiger partial charge on any atom is -0.347 e. The van der Waals surface area contributed by atoms with Crippen LogP contribution in [0.3, 0.4) is 0 Å². The molecule has 7 heteroatoms. The van der Waals surface area contributed by atoms with Crippen LogP contribution >= 0.6 is 0 Å². The highest BCUT2D eigenvalue weighted by Gasteiger charge is 2.64. The highest BCUT2D eigenvalue weighted by molar-refractivity contribution is 6.06. The third-order valence-corrected chi connectivity index (χ3v) is 7.30. The van der Waals surface area contributed by atoms with E-state index in [1.165, 1.54) is 4.90 Å². The number of carbonyl (C=O) groups is 3. The van der Waals surface area contributed by atoms with Crippen LogP contribution < -0.4 is 5.32 Å². The second kappa shape index (κ2) is 6.68. The number of aromatic nitrogens is 2. The van der Waals surface area contributed by atoms with E-state index in [1.54, 1.807) is 0 Å². The number of imide groups is 1. The fraction of sp³-hybridized carbons (Fsp3) is 0.545. The molecule has 1 aliphatic heterocycles. The lowest BCUT2D eigenvalue weighted by Gasteiger charge is -2.47. The Morgan fingerprint density at radius 1 is 1.24 bits per heavy atom. The summed E-state index contributed by atoms with van der Waals surface area (Å²) < 4.78 is 2.05. The van der Waals surface area contributed by atoms with Gasteiger partial charge >= 0.3 is 0 Å². The second-order valence-corrected chi connectivity index (χ2v) is 8.91. The second-order valence-electron chi connectivity index (χ2n) is 8.91. The summed E-state index contributed by atoms with van der Waals surface area (Å²) in [6.45, 7) is 8.71. The first kappa shape index (κ1) is 19.6. The van der Waals surface area contributed by atoms with E-state index < -0.39 is 5.41 Å². The SMILES string of the molecule is CCn1c(CNC(=O)CN2C(=O)[C@H]3CC[C@](C)(C2=O)C3(C)C)nc2ccccc21. The van der Waals surface area contributed by atoms with Crippen LogP contribution in [0.4, 0.5) is 0 Å². The van der Waals surface area contributed by atoms with Gasteiger partial charge in [-0.05, 0) is 37.3 Å². The van der Waals surface area contributed by atoms with Crippen LogP contribution in [-0.4, -0.2) is 38.7 Å². The monoisotopic (exact) mass is 396 g/mol. The molecule has 2 aromatic rings. The predicted octanol–water partition coefficient (Wildman–Crippen LogP) is 2.48. The zero-order chi connectivity index (χ0) is 21.0. The Balaban J connectivity index is 1.47. The Morgan fingerprint density at radius 3 is 2.69 bits per heavy atom. The molecule has 1 saturated carbocycles. The van der Waals surface area contributed by atoms with Gasteiger partial charge in [-0.25, -0.2) is 4.98 Å². The molecule has 1 aromatic heterocycles. The maximum atomic E-state index is 13.1. The molecule has 1 aliphatic carbocycles. The molecule has 0 spiro atoms. The summed E-state index contributed by atoms with van der Waals surface area (Å²) in [4.78, 5) is 44.3. The number of likely N-dealkylation sites (tertiary alicyclic amines) is 1. The number of hydrogen-bond acceptors (Lipinski definition) is 4. The summed E-state index contributed by atoms with van der Waals surface area (Å²) in [5, 5.41) is 2.84. The summed E-state index contributed by atoms with van der Waals surface area (Å²) in [5.74, 6) is -0.235. The van der Waals surface area contributed by atoms with E-state index in [2.05, 4.69) is 14.9 Å². The van der Waals surface area contributed by atoms with E-state index in [0.717, 1.165) is 23.4 Å². The summed E-state index contributed by atoms with van der Waals surface area (Å²) in [6.07, 6.45) is 1.39. The van der Waals surface area contributed by atoms with Gasteiger partial charge in [0.1, 0.15) is 12.4 Å². The van der Waals surface area contributed by atoms with Crippen molar-refractivity contribution in [3.05, 3.63) is 30.1 Å². The van der Waals surface area contributed by atoms with E-state index in [-0.39, 0.29) is 42.1 Å². The number of nitrogens with one attached hydrogen (secondary N) is 1. The van der Waals surface area contributed by atoms with E-state index >= 15 is 0 Å². The first-order valence-electron chi connectivity index (χ1n) is 10.3. The third kappa shape index (κ3) is 2.78. The predicted molar refractivity (Wildman–Crippen MR) is 109 cm³/mol. The Hall–Kier alpha value is -2.70. The molecular formula is C22H28N4O3. The topological polar surface area (TPSA) is 84.3 Å². The van der Waals surface area contributed by atoms with Gasteiger partial charge < -0.3 is 9.88 Å². The molecule has 4 rings (SSSR count). The number of benzene rings is 1. The first-order chi connectivity index (χ1) is 13.7. The van der Waals surface area contributed by atoms with Gasteiger partial charge in [-0.2, -0.15) is 0 Å². The zero-order valence-electron chi connectivity index (χ0n) is 17.5. The number of carbonyl (C=O) groups excluding carboxylic acids is 3. The summed E-state index contributed by atoms with van der Waals surface area (Å²) in [6, 6.07) is 7.83. The van der Waals surface area contributed by atoms with Gasteiger partial charge in [0.05, 0.1) is 23.0 Å². The molecule has 0 radical (unpaired) electrons. The molecule has 1 aromatic carbocycles. The van der Waals surface area contributed by atoms with E-state index in [0.29, 0.717) is 12.8 Å². The van der Waals surface area contributed by atoms with Crippen molar-refractivity contribution in [2.75, 3.05) is 6.54 Å². The lowest BCUT2D eigenvalue weighted by Crippen LogP contribution is -2.60. The van der Waals surface area contributed by atoms with E-state index in [9.17, 15) is 14.4 Å². The Bertz CT molecular complexity index is 1010. The normalized spacial score (nSPS) is 25.7. The van der Waals surface area contributed by atoms with Crippen molar-refractivity contribution in [3.8, 4) is 0 Å². The van der Waals surface area contributed by atoms with Crippen LogP contribution in [0.1, 0.15) is 46.4 Å². The molecular weight excluding hydrogens is 368 g/mol. The molecule has 1 saturated heterocycles. The number of amides is 3. The van der Waals surface area contributed by atoms with Crippen molar-refractivity contribution >= 4 is 28.8 Å². The van der Waals surface area contributed by atoms with Gasteiger partial charge in [0.2, 0.25) is 17.7 Å². The molecule has 2 fully saturated rings. The van der Waals surface area contributed by atoms with Crippen LogP contribution in [0.25, 0.3) is 11.0 Å². The van der Waals surface area contributed by atoms with Crippen molar-refractivity contribution in [3.63, 3.8) is 0 Å². The van der Waals surface area contributed by atoms with Gasteiger partial charge in [-0.3, -0.25) is 19.3 Å². The van der Waals surface area contributed by atoms with Crippen LogP contribution in [0.15, 0.2) is 24.3 Å². The number of fused-ring (bicyclic) bond motifs is 3. The van der Waals surface area contributed by atoms with Gasteiger partial charge in [0, 0.05) is 12.5 Å². The van der Waals surface area contributed by atoms with Crippen LogP contribution in [0, 0.1) is 16.7 Å². The molecule has 2 aliphatic rings. The summed E-state index contributed by atoms with van der Waals surface area (Å²) in [7, 11) is 0. The molecule has 2 bridgehead atoms. The lowest BCUT2D eigenvalue weighted by molar-refractivity contribution is -0.169. The van der Waals surface area contributed by atoms with Gasteiger partial charge in [-0.15, -0.1) is 0 Å². The lowest BCUT2D eigenvalue weighted by atomic mass is 9.62. The summed E-state index contributed by atoms with van der Waals surface area (Å²) in [5.41, 5.74) is 0.932. The smallest absolute Gasteiger partial charge is 0.240 e. The first-order valence-corrected chi connectivity index (χ1v) is 10.3.